The van der Waals surface area contributed by atoms with E-state index >= 15 is 0 Å². The van der Waals surface area contributed by atoms with Crippen molar-refractivity contribution in [1.29, 1.82) is 0 Å². The van der Waals surface area contributed by atoms with Crippen LogP contribution in [0.4, 0.5) is 40.2 Å². The number of aryl methyl sites for hydroxylation is 1. The van der Waals surface area contributed by atoms with Gasteiger partial charge in [0.05, 0.1) is 52.8 Å². The van der Waals surface area contributed by atoms with Crippen LogP contribution in [0.1, 0.15) is 36.2 Å². The number of methoxy groups -OCH3 is 1. The van der Waals surface area contributed by atoms with E-state index in [9.17, 15) is 22.8 Å². The van der Waals surface area contributed by atoms with Crippen molar-refractivity contribution >= 4 is 94.9 Å². The van der Waals surface area contributed by atoms with Crippen LogP contribution in [0, 0.1) is 5.92 Å². The number of carbonyl (C=O) groups is 3. The molecule has 21 nitrogen and oxygen atoms in total. The minimum atomic E-state index is -3.67. The number of fused-ring (bicyclic) bond motifs is 1. The first kappa shape index (κ1) is 47.1. The summed E-state index contributed by atoms with van der Waals surface area (Å²) < 4.78 is 35.1. The van der Waals surface area contributed by atoms with Crippen molar-refractivity contribution in [3.8, 4) is 16.9 Å². The van der Waals surface area contributed by atoms with Gasteiger partial charge in [0.25, 0.3) is 5.91 Å². The van der Waals surface area contributed by atoms with E-state index in [1.165, 1.54) is 17.5 Å². The number of aromatic nitrogens is 7. The predicted octanol–water partition coefficient (Wildman–Crippen LogP) is 4.44. The number of rotatable bonds is 14. The number of benzene rings is 2. The zero-order chi connectivity index (χ0) is 48.4. The van der Waals surface area contributed by atoms with E-state index in [0.29, 0.717) is 50.1 Å². The Morgan fingerprint density at radius 1 is 0.913 bits per heavy atom. The minimum Gasteiger partial charge on any atom is -0.494 e. The molecule has 3 amide bonds. The second-order valence-electron chi connectivity index (χ2n) is 17.3. The van der Waals surface area contributed by atoms with Gasteiger partial charge in [-0.2, -0.15) is 10.1 Å². The fourth-order valence-electron chi connectivity index (χ4n) is 8.94. The van der Waals surface area contributed by atoms with Gasteiger partial charge < -0.3 is 30.5 Å². The van der Waals surface area contributed by atoms with Crippen LogP contribution in [0.25, 0.3) is 22.2 Å². The highest BCUT2D eigenvalue weighted by Gasteiger charge is 2.30. The molecule has 0 spiro atoms. The number of hydrogen-bond acceptors (Lipinski definition) is 17. The number of hydrogen-bond donors (Lipinski definition) is 4. The SMILES string of the molecule is COc1cc(N2CCC(CN3CCN(c4ccc(C(=O)NC5CCC(=O)NC5=O)nc4)CC3)CC2)c(-c2cnn(C)c2)cc1Nc1ncc(Br)c(Nc2ccc3nccnc3c2N(C)S(C)(=O)=O)n1. The van der Waals surface area contributed by atoms with E-state index < -0.39 is 27.9 Å². The quantitative estimate of drug-likeness (QED) is 0.110. The lowest BCUT2D eigenvalue weighted by Crippen LogP contribution is -2.52. The Hall–Kier alpha value is -6.98. The summed E-state index contributed by atoms with van der Waals surface area (Å²) in [7, 11) is 1.32. The fraction of sp³-hybridized carbons (Fsp3) is 0.370. The standard InChI is InChI=1S/C46H52BrN15O6S/c1-58-27-29(23-52-58)31-21-37(55-46-51-25-32(47)43(57-46)53-34-8-7-33-41(49-14-13-48-33)42(34)59(2)69(4,66)67)39(68-3)22-38(31)62-15-11-28(12-16-62)26-60-17-19-61(20-18-60)30-5-6-35(50-24-30)44(64)54-36-9-10-40(63)56-45(36)65/h5-8,13-14,21-25,27-28,36H,9-12,15-20,26H2,1-4H3,(H,54,64)(H,56,63,65)(H2,51,53,55,57). The summed E-state index contributed by atoms with van der Waals surface area (Å²) in [6, 6.07) is 10.4. The first-order valence-electron chi connectivity index (χ1n) is 22.5. The fourth-order valence-corrected chi connectivity index (χ4v) is 9.75. The van der Waals surface area contributed by atoms with Gasteiger partial charge in [-0.15, -0.1) is 0 Å². The van der Waals surface area contributed by atoms with E-state index in [0.717, 1.165) is 87.4 Å². The van der Waals surface area contributed by atoms with E-state index in [1.807, 2.05) is 31.6 Å². The van der Waals surface area contributed by atoms with Gasteiger partial charge in [-0.25, -0.2) is 18.4 Å². The third-order valence-electron chi connectivity index (χ3n) is 12.7. The van der Waals surface area contributed by atoms with Crippen LogP contribution in [-0.4, -0.2) is 138 Å². The molecular formula is C46H52BrN15O6S. The molecule has 4 N–H and O–H groups in total. The zero-order valence-electron chi connectivity index (χ0n) is 38.5. The van der Waals surface area contributed by atoms with Crippen LogP contribution in [0.5, 0.6) is 5.75 Å². The molecular weight excluding hydrogens is 971 g/mol. The van der Waals surface area contributed by atoms with Crippen LogP contribution in [0.15, 0.2) is 78.1 Å². The lowest BCUT2D eigenvalue weighted by Gasteiger charge is -2.40. The summed E-state index contributed by atoms with van der Waals surface area (Å²) in [6.07, 6.45) is 13.9. The van der Waals surface area contributed by atoms with Gasteiger partial charge in [0, 0.05) is 114 Å². The summed E-state index contributed by atoms with van der Waals surface area (Å²) in [5, 5.41) is 16.1. The van der Waals surface area contributed by atoms with Gasteiger partial charge in [0.1, 0.15) is 34.5 Å². The number of carbonyl (C=O) groups excluding carboxylic acids is 3. The maximum Gasteiger partial charge on any atom is 0.270 e. The number of piperidine rings is 2. The highest BCUT2D eigenvalue weighted by Crippen LogP contribution is 2.42. The van der Waals surface area contributed by atoms with Gasteiger partial charge in [-0.05, 0) is 71.4 Å². The highest BCUT2D eigenvalue weighted by atomic mass is 79.9. The molecule has 1 unspecified atom stereocenters. The molecule has 1 atom stereocenters. The molecule has 9 rings (SSSR count). The minimum absolute atomic E-state index is 0.185. The van der Waals surface area contributed by atoms with E-state index in [4.69, 9.17) is 9.72 Å². The van der Waals surface area contributed by atoms with Gasteiger partial charge >= 0.3 is 0 Å². The lowest BCUT2D eigenvalue weighted by molar-refractivity contribution is -0.134. The predicted molar refractivity (Wildman–Crippen MR) is 266 cm³/mol. The molecule has 0 aliphatic carbocycles. The molecule has 0 saturated carbocycles. The number of nitrogens with one attached hydrogen (secondary N) is 4. The number of nitrogens with zero attached hydrogens (tertiary/aromatic N) is 11. The monoisotopic (exact) mass is 1020 g/mol. The van der Waals surface area contributed by atoms with Crippen LogP contribution in [-0.2, 0) is 26.7 Å². The zero-order valence-corrected chi connectivity index (χ0v) is 40.9. The highest BCUT2D eigenvalue weighted by molar-refractivity contribution is 9.10. The topological polar surface area (TPSA) is 238 Å². The molecule has 69 heavy (non-hydrogen) atoms. The Morgan fingerprint density at radius 2 is 1.70 bits per heavy atom. The lowest BCUT2D eigenvalue weighted by atomic mass is 9.94. The van der Waals surface area contributed by atoms with Crippen LogP contribution in [0.2, 0.25) is 0 Å². The number of pyridine rings is 1. The largest absolute Gasteiger partial charge is 0.494 e. The summed E-state index contributed by atoms with van der Waals surface area (Å²) in [5.41, 5.74) is 6.47. The molecule has 0 radical (unpaired) electrons. The Labute approximate surface area is 407 Å². The Bertz CT molecular complexity index is 3010. The molecule has 3 aliphatic heterocycles. The molecule has 3 fully saturated rings. The van der Waals surface area contributed by atoms with Crippen LogP contribution in [0.3, 0.4) is 0 Å². The Kier molecular flexibility index (Phi) is 13.6. The van der Waals surface area contributed by atoms with Crippen LogP contribution >= 0.6 is 15.9 Å². The summed E-state index contributed by atoms with van der Waals surface area (Å²) in [6.45, 7) is 6.24. The number of imide groups is 1. The number of anilines is 7. The maximum absolute atomic E-state index is 12.8. The molecule has 360 valence electrons. The molecule has 23 heteroatoms. The number of piperazine rings is 1. The summed E-state index contributed by atoms with van der Waals surface area (Å²) in [4.78, 5) is 66.1. The van der Waals surface area contributed by atoms with Crippen molar-refractivity contribution in [3.05, 3.63) is 83.7 Å². The van der Waals surface area contributed by atoms with Crippen molar-refractivity contribution < 1.29 is 27.5 Å². The average molecular weight is 1020 g/mol. The van der Waals surface area contributed by atoms with E-state index in [-0.39, 0.29) is 30.4 Å². The van der Waals surface area contributed by atoms with Crippen molar-refractivity contribution in [1.82, 2.24) is 50.2 Å². The average Bonchev–Trinajstić information content (AvgIpc) is 3.79. The molecule has 4 aromatic heterocycles. The normalized spacial score (nSPS) is 17.1. The number of amides is 3. The maximum atomic E-state index is 12.8. The van der Waals surface area contributed by atoms with Gasteiger partial charge in [0.2, 0.25) is 27.8 Å². The molecule has 7 heterocycles. The second-order valence-corrected chi connectivity index (χ2v) is 20.2. The Balaban J connectivity index is 0.849. The number of ether oxygens (including phenoxy) is 1. The molecule has 3 saturated heterocycles. The van der Waals surface area contributed by atoms with Gasteiger partial charge in [0.15, 0.2) is 0 Å². The van der Waals surface area contributed by atoms with E-state index in [1.54, 1.807) is 48.6 Å². The Morgan fingerprint density at radius 3 is 2.39 bits per heavy atom. The molecule has 3 aliphatic rings. The van der Waals surface area contributed by atoms with Crippen molar-refractivity contribution in [2.45, 2.75) is 31.7 Å². The third kappa shape index (κ3) is 10.5. The smallest absolute Gasteiger partial charge is 0.270 e. The third-order valence-corrected chi connectivity index (χ3v) is 14.5. The second kappa shape index (κ2) is 19.9. The first-order chi connectivity index (χ1) is 33.2. The van der Waals surface area contributed by atoms with Crippen LogP contribution < -0.4 is 40.1 Å². The number of sulfonamides is 1. The van der Waals surface area contributed by atoms with Crippen molar-refractivity contribution in [2.75, 3.05) is 91.0 Å². The molecule has 6 aromatic rings. The molecule has 2 aromatic carbocycles. The first-order valence-corrected chi connectivity index (χ1v) is 25.1. The van der Waals surface area contributed by atoms with Crippen molar-refractivity contribution in [2.24, 2.45) is 13.0 Å². The van der Waals surface area contributed by atoms with Gasteiger partial charge in [-0.1, -0.05) is 0 Å². The number of halogens is 1. The van der Waals surface area contributed by atoms with E-state index in [2.05, 4.69) is 83.0 Å². The summed E-state index contributed by atoms with van der Waals surface area (Å²) >= 11 is 3.57. The molecule has 0 bridgehead atoms. The van der Waals surface area contributed by atoms with Gasteiger partial charge in [-0.3, -0.25) is 43.6 Å². The van der Waals surface area contributed by atoms with Crippen molar-refractivity contribution in [3.63, 3.8) is 0 Å². The summed E-state index contributed by atoms with van der Waals surface area (Å²) in [5.74, 6) is 0.510.